The number of likely N-dealkylation sites (N-methyl/N-ethyl adjacent to an activating group) is 2. The first-order chi connectivity index (χ1) is 13.3. The van der Waals surface area contributed by atoms with Crippen molar-refractivity contribution in [3.63, 3.8) is 0 Å². The Hall–Kier alpha value is -0.580. The molecule has 0 aliphatic carbocycles. The van der Waals surface area contributed by atoms with Crippen LogP contribution in [0.3, 0.4) is 0 Å². The van der Waals surface area contributed by atoms with Gasteiger partial charge in [-0.3, -0.25) is 0 Å². The highest BCUT2D eigenvalue weighted by atomic mass is 127. The van der Waals surface area contributed by atoms with Crippen LogP contribution >= 0.6 is 0 Å². The van der Waals surface area contributed by atoms with Crippen molar-refractivity contribution in [2.75, 3.05) is 51.9 Å². The van der Waals surface area contributed by atoms with Gasteiger partial charge in [0.2, 0.25) is 0 Å². The number of nitrogens with one attached hydrogen (secondary N) is 2. The highest BCUT2D eigenvalue weighted by molar-refractivity contribution is 5.71. The molecule has 4 aliphatic rings. The Morgan fingerprint density at radius 2 is 1.03 bits per heavy atom. The number of quaternary nitrogens is 2. The van der Waals surface area contributed by atoms with Gasteiger partial charge in [-0.25, -0.2) is 0 Å². The first-order valence-electron chi connectivity index (χ1n) is 10.7. The maximum Gasteiger partial charge on any atom is 0.173 e. The number of hydrogen-bond acceptors (Lipinski definition) is 2. The number of benzene rings is 2. The van der Waals surface area contributed by atoms with Crippen molar-refractivity contribution in [2.45, 2.75) is 36.0 Å². The zero-order chi connectivity index (χ0) is 19.4. The van der Waals surface area contributed by atoms with Crippen LogP contribution in [0, 0.1) is 0 Å². The zero-order valence-corrected chi connectivity index (χ0v) is 22.6. The highest BCUT2D eigenvalue weighted by Crippen LogP contribution is 2.67. The summed E-state index contributed by atoms with van der Waals surface area (Å²) in [5.74, 6) is 0. The predicted octanol–water partition coefficient (Wildman–Crippen LogP) is -2.67. The van der Waals surface area contributed by atoms with E-state index in [2.05, 4.69) is 87.4 Å². The zero-order valence-electron chi connectivity index (χ0n) is 18.3. The SMILES string of the molecule is C[N+]1(C)CC[C@@]2([C@@]34CC[N+](C)(C)[C@@H]3Nc3ccccc34)c3ccccc3N[C@H]21.[I-].[I-]. The molecule has 0 saturated carbocycles. The second kappa shape index (κ2) is 6.96. The Labute approximate surface area is 214 Å². The van der Waals surface area contributed by atoms with Crippen LogP contribution in [0.5, 0.6) is 0 Å². The molecule has 2 fully saturated rings. The van der Waals surface area contributed by atoms with Crippen molar-refractivity contribution in [3.05, 3.63) is 59.7 Å². The summed E-state index contributed by atoms with van der Waals surface area (Å²) in [6.07, 6.45) is 3.31. The van der Waals surface area contributed by atoms with E-state index in [1.807, 2.05) is 0 Å². The molecule has 0 spiro atoms. The fourth-order valence-corrected chi connectivity index (χ4v) is 7.52. The number of para-hydroxylation sites is 2. The summed E-state index contributed by atoms with van der Waals surface area (Å²) in [7, 11) is 9.67. The van der Waals surface area contributed by atoms with Crippen LogP contribution in [0.2, 0.25) is 0 Å². The van der Waals surface area contributed by atoms with Gasteiger partial charge in [0.15, 0.2) is 12.3 Å². The van der Waals surface area contributed by atoms with Crippen LogP contribution in [0.15, 0.2) is 48.5 Å². The summed E-state index contributed by atoms with van der Waals surface area (Å²) >= 11 is 0. The standard InChI is InChI=1S/C24H32N4.2HI/c1-27(2)15-13-23(17-9-5-7-11-19(17)25-21(23)27)24-14-16-28(3,4)22(24)26-20-12-8-6-10-18(20)24;;/h5-12,21-22,25-26H,13-16H2,1-4H3;2*1H/q+2;;/p-2/t21-,22-,23+,24+;;/m0../s1. The molecule has 2 saturated heterocycles. The lowest BCUT2D eigenvalue weighted by Crippen LogP contribution is -3.00. The van der Waals surface area contributed by atoms with Crippen molar-refractivity contribution < 1.29 is 56.9 Å². The van der Waals surface area contributed by atoms with Crippen LogP contribution in [-0.4, -0.2) is 62.6 Å². The third-order valence-corrected chi connectivity index (χ3v) is 8.69. The second-order valence-corrected chi connectivity index (χ2v) is 10.6. The van der Waals surface area contributed by atoms with Gasteiger partial charge in [0.05, 0.1) is 52.1 Å². The molecule has 4 nitrogen and oxygen atoms in total. The van der Waals surface area contributed by atoms with E-state index >= 15 is 0 Å². The lowest BCUT2D eigenvalue weighted by molar-refractivity contribution is -0.906. The molecule has 6 rings (SSSR count). The maximum atomic E-state index is 4.01. The lowest BCUT2D eigenvalue weighted by atomic mass is 9.55. The quantitative estimate of drug-likeness (QED) is 0.266. The maximum absolute atomic E-state index is 4.01. The van der Waals surface area contributed by atoms with Gasteiger partial charge in [0.25, 0.3) is 0 Å². The third kappa shape index (κ3) is 2.45. The number of hydrogen-bond donors (Lipinski definition) is 2. The first kappa shape index (κ1) is 22.6. The van der Waals surface area contributed by atoms with E-state index in [0.717, 1.165) is 8.97 Å². The molecule has 0 radical (unpaired) electrons. The minimum Gasteiger partial charge on any atom is -1.00 e. The Morgan fingerprint density at radius 1 is 0.667 bits per heavy atom. The van der Waals surface area contributed by atoms with E-state index in [1.54, 1.807) is 11.1 Å². The molecular weight excluding hydrogens is 598 g/mol. The Morgan fingerprint density at radius 3 is 1.43 bits per heavy atom. The molecule has 2 N–H and O–H groups in total. The Bertz CT molecular complexity index is 911. The molecule has 2 aromatic carbocycles. The number of nitrogens with zero attached hydrogens (tertiary/aromatic N) is 2. The van der Waals surface area contributed by atoms with Gasteiger partial charge in [-0.15, -0.1) is 0 Å². The minimum absolute atomic E-state index is 0. The van der Waals surface area contributed by atoms with E-state index in [4.69, 9.17) is 0 Å². The molecule has 0 aromatic heterocycles. The lowest BCUT2D eigenvalue weighted by Gasteiger charge is -2.47. The first-order valence-corrected chi connectivity index (χ1v) is 10.7. The van der Waals surface area contributed by atoms with Crippen LogP contribution in [0.25, 0.3) is 0 Å². The average Bonchev–Trinajstić information content (AvgIpc) is 3.34. The monoisotopic (exact) mass is 630 g/mol. The summed E-state index contributed by atoms with van der Waals surface area (Å²) in [4.78, 5) is 0. The van der Waals surface area contributed by atoms with Gasteiger partial charge in [0.1, 0.15) is 0 Å². The van der Waals surface area contributed by atoms with Crippen LogP contribution < -0.4 is 58.6 Å². The molecule has 0 bridgehead atoms. The topological polar surface area (TPSA) is 24.1 Å². The van der Waals surface area contributed by atoms with Crippen LogP contribution in [0.1, 0.15) is 24.0 Å². The molecule has 4 atom stereocenters. The number of rotatable bonds is 1. The van der Waals surface area contributed by atoms with Crippen molar-refractivity contribution in [3.8, 4) is 0 Å². The molecule has 4 heterocycles. The number of fused-ring (bicyclic) bond motifs is 7. The molecule has 0 amide bonds. The number of likely N-dealkylation sites (tertiary alicyclic amines) is 2. The van der Waals surface area contributed by atoms with Gasteiger partial charge < -0.3 is 67.6 Å². The van der Waals surface area contributed by atoms with E-state index in [9.17, 15) is 0 Å². The largest absolute Gasteiger partial charge is 1.00 e. The van der Waals surface area contributed by atoms with Gasteiger partial charge in [-0.05, 0) is 23.3 Å². The van der Waals surface area contributed by atoms with E-state index in [1.165, 1.54) is 37.3 Å². The Balaban J connectivity index is 0.00000109. The molecule has 4 aliphatic heterocycles. The highest BCUT2D eigenvalue weighted by Gasteiger charge is 2.77. The summed E-state index contributed by atoms with van der Waals surface area (Å²) < 4.78 is 2.08. The van der Waals surface area contributed by atoms with E-state index in [-0.39, 0.29) is 58.8 Å². The van der Waals surface area contributed by atoms with Crippen LogP contribution in [0.4, 0.5) is 11.4 Å². The smallest absolute Gasteiger partial charge is 0.173 e. The van der Waals surface area contributed by atoms with Crippen molar-refractivity contribution in [1.82, 2.24) is 0 Å². The van der Waals surface area contributed by atoms with Gasteiger partial charge >= 0.3 is 0 Å². The van der Waals surface area contributed by atoms with E-state index in [0.29, 0.717) is 12.3 Å². The van der Waals surface area contributed by atoms with Gasteiger partial charge in [0, 0.05) is 24.2 Å². The van der Waals surface area contributed by atoms with Crippen molar-refractivity contribution in [2.24, 2.45) is 0 Å². The number of halogens is 2. The normalized spacial score (nSPS) is 35.6. The van der Waals surface area contributed by atoms with Crippen molar-refractivity contribution in [1.29, 1.82) is 0 Å². The molecular formula is C24H32I2N4. The molecule has 30 heavy (non-hydrogen) atoms. The summed E-state index contributed by atoms with van der Waals surface area (Å²) in [5.41, 5.74) is 6.04. The molecule has 162 valence electrons. The van der Waals surface area contributed by atoms with Gasteiger partial charge in [-0.2, -0.15) is 0 Å². The molecule has 0 unspecified atom stereocenters. The minimum atomic E-state index is 0. The predicted molar refractivity (Wildman–Crippen MR) is 114 cm³/mol. The second-order valence-electron chi connectivity index (χ2n) is 10.6. The molecule has 6 heteroatoms. The summed E-state index contributed by atoms with van der Waals surface area (Å²) in [5, 5.41) is 8.01. The van der Waals surface area contributed by atoms with E-state index < -0.39 is 0 Å². The average molecular weight is 630 g/mol. The fourth-order valence-electron chi connectivity index (χ4n) is 7.52. The summed E-state index contributed by atoms with van der Waals surface area (Å²) in [6.45, 7) is 2.44. The van der Waals surface area contributed by atoms with Gasteiger partial charge in [-0.1, -0.05) is 36.4 Å². The van der Waals surface area contributed by atoms with Crippen molar-refractivity contribution >= 4 is 11.4 Å². The fraction of sp³-hybridized carbons (Fsp3) is 0.500. The summed E-state index contributed by atoms with van der Waals surface area (Å²) in [6, 6.07) is 18.3. The third-order valence-electron chi connectivity index (χ3n) is 8.69. The Kier molecular flexibility index (Phi) is 5.24. The molecule has 2 aromatic rings. The van der Waals surface area contributed by atoms with Crippen LogP contribution in [-0.2, 0) is 10.8 Å². The number of anilines is 2.